The molecule has 0 aliphatic rings. The number of alkyl carbamates (subject to hydrolysis) is 1. The Balaban J connectivity index is 3.40. The van der Waals surface area contributed by atoms with E-state index in [1.54, 1.807) is 25.7 Å². The number of unbranched alkanes of at least 4 members (excludes halogenated alkanes) is 1. The lowest BCUT2D eigenvalue weighted by atomic mass is 9.93. The summed E-state index contributed by atoms with van der Waals surface area (Å²) >= 11 is 0. The van der Waals surface area contributed by atoms with Gasteiger partial charge in [0, 0.05) is 13.1 Å². The average Bonchev–Trinajstić information content (AvgIpc) is 2.70. The number of rotatable bonds is 11. The van der Waals surface area contributed by atoms with Crippen LogP contribution in [0.4, 0.5) is 4.79 Å². The molecule has 0 aromatic heterocycles. The largest absolute Gasteiger partial charge is 0.444 e. The molecule has 1 aromatic carbocycles. The second kappa shape index (κ2) is 13.4. The molecule has 0 radical (unpaired) electrons. The number of likely N-dealkylation sites (N-methyl/N-ethyl adjacent to an activating group) is 1. The highest BCUT2D eigenvalue weighted by atomic mass is 16.6. The predicted octanol–water partition coefficient (Wildman–Crippen LogP) is 5.05. The van der Waals surface area contributed by atoms with Crippen molar-refractivity contribution in [3.63, 3.8) is 0 Å². The zero-order chi connectivity index (χ0) is 26.1. The molecule has 3 amide bonds. The molecular formula is C27H45N3O4. The topological polar surface area (TPSA) is 87.7 Å². The summed E-state index contributed by atoms with van der Waals surface area (Å²) in [4.78, 5) is 41.4. The number of aryl methyl sites for hydroxylation is 2. The molecule has 0 bridgehead atoms. The summed E-state index contributed by atoms with van der Waals surface area (Å²) in [6.45, 7) is 18.0. The summed E-state index contributed by atoms with van der Waals surface area (Å²) in [6.07, 6.45) is 1.62. The van der Waals surface area contributed by atoms with Crippen LogP contribution >= 0.6 is 0 Å². The molecule has 0 aliphatic carbocycles. The average molecular weight is 476 g/mol. The third-order valence-corrected chi connectivity index (χ3v) is 5.53. The summed E-state index contributed by atoms with van der Waals surface area (Å²) in [5.41, 5.74) is 2.04. The number of benzene rings is 1. The normalized spacial score (nSPS) is 13.2. The Morgan fingerprint density at radius 3 is 2.12 bits per heavy atom. The highest BCUT2D eigenvalue weighted by Crippen LogP contribution is 2.29. The highest BCUT2D eigenvalue weighted by molar-refractivity contribution is 5.92. The number of carbonyl (C=O) groups is 3. The maximum atomic E-state index is 13.9. The smallest absolute Gasteiger partial charge is 0.408 e. The summed E-state index contributed by atoms with van der Waals surface area (Å²) < 4.78 is 5.41. The van der Waals surface area contributed by atoms with E-state index in [0.717, 1.165) is 29.5 Å². The molecule has 192 valence electrons. The number of amides is 3. The van der Waals surface area contributed by atoms with Gasteiger partial charge in [-0.1, -0.05) is 45.4 Å². The minimum absolute atomic E-state index is 0.152. The minimum atomic E-state index is -0.801. The number of hydrogen-bond acceptors (Lipinski definition) is 4. The van der Waals surface area contributed by atoms with Gasteiger partial charge in [-0.15, -0.1) is 0 Å². The van der Waals surface area contributed by atoms with Gasteiger partial charge in [0.1, 0.15) is 17.7 Å². The van der Waals surface area contributed by atoms with Crippen LogP contribution in [0.1, 0.15) is 90.5 Å². The summed E-state index contributed by atoms with van der Waals surface area (Å²) in [5, 5.41) is 5.78. The second-order valence-electron chi connectivity index (χ2n) is 10.3. The first-order valence-corrected chi connectivity index (χ1v) is 12.5. The molecule has 0 saturated heterocycles. The Hall–Kier alpha value is -2.57. The highest BCUT2D eigenvalue weighted by Gasteiger charge is 2.36. The SMILES string of the molecule is CCCCNC(=O)C(c1c(C)cccc1C)N(CC)C(=O)C(CC(C)C)NC(=O)OC(C)(C)C. The Morgan fingerprint density at radius 1 is 1.06 bits per heavy atom. The van der Waals surface area contributed by atoms with Crippen LogP contribution in [-0.4, -0.2) is 47.5 Å². The van der Waals surface area contributed by atoms with Crippen molar-refractivity contribution in [1.29, 1.82) is 0 Å². The fourth-order valence-corrected chi connectivity index (χ4v) is 3.98. The Bertz CT molecular complexity index is 809. The lowest BCUT2D eigenvalue weighted by molar-refractivity contribution is -0.142. The number of nitrogens with one attached hydrogen (secondary N) is 2. The van der Waals surface area contributed by atoms with Gasteiger partial charge >= 0.3 is 6.09 Å². The molecule has 2 unspecified atom stereocenters. The Morgan fingerprint density at radius 2 is 1.65 bits per heavy atom. The van der Waals surface area contributed by atoms with Crippen molar-refractivity contribution in [2.75, 3.05) is 13.1 Å². The first-order valence-electron chi connectivity index (χ1n) is 12.5. The van der Waals surface area contributed by atoms with Gasteiger partial charge in [-0.3, -0.25) is 9.59 Å². The molecule has 1 rings (SSSR count). The van der Waals surface area contributed by atoms with Crippen LogP contribution in [0.2, 0.25) is 0 Å². The van der Waals surface area contributed by atoms with Gasteiger partial charge in [-0.05, 0) is 77.0 Å². The molecule has 2 N–H and O–H groups in total. The van der Waals surface area contributed by atoms with Crippen molar-refractivity contribution >= 4 is 17.9 Å². The van der Waals surface area contributed by atoms with Gasteiger partial charge in [0.25, 0.3) is 0 Å². The first kappa shape index (κ1) is 29.5. The van der Waals surface area contributed by atoms with E-state index in [1.807, 2.05) is 52.8 Å². The van der Waals surface area contributed by atoms with Gasteiger partial charge in [-0.2, -0.15) is 0 Å². The Labute approximate surface area is 206 Å². The molecule has 7 nitrogen and oxygen atoms in total. The monoisotopic (exact) mass is 475 g/mol. The van der Waals surface area contributed by atoms with Crippen LogP contribution in [0.25, 0.3) is 0 Å². The van der Waals surface area contributed by atoms with E-state index < -0.39 is 23.8 Å². The molecule has 0 heterocycles. The van der Waals surface area contributed by atoms with Crippen LogP contribution in [0.5, 0.6) is 0 Å². The number of hydrogen-bond donors (Lipinski definition) is 2. The second-order valence-corrected chi connectivity index (χ2v) is 10.3. The quantitative estimate of drug-likeness (QED) is 0.439. The van der Waals surface area contributed by atoms with Crippen molar-refractivity contribution in [1.82, 2.24) is 15.5 Å². The summed E-state index contributed by atoms with van der Waals surface area (Å²) in [5.74, 6) is -0.346. The van der Waals surface area contributed by atoms with Crippen LogP contribution in [-0.2, 0) is 14.3 Å². The molecule has 34 heavy (non-hydrogen) atoms. The fourth-order valence-electron chi connectivity index (χ4n) is 3.98. The van der Waals surface area contributed by atoms with Crippen molar-refractivity contribution in [3.05, 3.63) is 34.9 Å². The van der Waals surface area contributed by atoms with Crippen molar-refractivity contribution in [3.8, 4) is 0 Å². The van der Waals surface area contributed by atoms with Crippen LogP contribution in [0, 0.1) is 19.8 Å². The third-order valence-electron chi connectivity index (χ3n) is 5.53. The molecule has 7 heteroatoms. The first-order chi connectivity index (χ1) is 15.8. The van der Waals surface area contributed by atoms with E-state index in [2.05, 4.69) is 17.6 Å². The van der Waals surface area contributed by atoms with Crippen molar-refractivity contribution in [2.24, 2.45) is 5.92 Å². The lowest BCUT2D eigenvalue weighted by Gasteiger charge is -2.35. The van der Waals surface area contributed by atoms with Gasteiger partial charge < -0.3 is 20.3 Å². The molecule has 0 spiro atoms. The maximum absolute atomic E-state index is 13.9. The fraction of sp³-hybridized carbons (Fsp3) is 0.667. The third kappa shape index (κ3) is 8.99. The van der Waals surface area contributed by atoms with Gasteiger partial charge in [0.15, 0.2) is 0 Å². The van der Waals surface area contributed by atoms with E-state index in [-0.39, 0.29) is 17.7 Å². The maximum Gasteiger partial charge on any atom is 0.408 e. The van der Waals surface area contributed by atoms with Crippen LogP contribution in [0.15, 0.2) is 18.2 Å². The standard InChI is InChI=1S/C27H45N3O4/c1-10-12-16-28-24(31)23(22-19(5)14-13-15-20(22)6)30(11-2)25(32)21(17-18(3)4)29-26(33)34-27(7,8)9/h13-15,18,21,23H,10-12,16-17H2,1-9H3,(H,28,31)(H,29,33). The van der Waals surface area contributed by atoms with Crippen LogP contribution in [0.3, 0.4) is 0 Å². The van der Waals surface area contributed by atoms with Crippen molar-refractivity contribution < 1.29 is 19.1 Å². The van der Waals surface area contributed by atoms with E-state index in [1.165, 1.54) is 0 Å². The predicted molar refractivity (Wildman–Crippen MR) is 137 cm³/mol. The molecular weight excluding hydrogens is 430 g/mol. The number of nitrogens with zero attached hydrogens (tertiary/aromatic N) is 1. The zero-order valence-corrected chi connectivity index (χ0v) is 22.6. The summed E-state index contributed by atoms with van der Waals surface area (Å²) in [6, 6.07) is 4.27. The Kier molecular flexibility index (Phi) is 11.6. The van der Waals surface area contributed by atoms with E-state index in [4.69, 9.17) is 4.74 Å². The number of ether oxygens (including phenoxy) is 1. The molecule has 2 atom stereocenters. The molecule has 0 saturated carbocycles. The zero-order valence-electron chi connectivity index (χ0n) is 22.6. The lowest BCUT2D eigenvalue weighted by Crippen LogP contribution is -2.53. The molecule has 0 fully saturated rings. The van der Waals surface area contributed by atoms with E-state index in [9.17, 15) is 14.4 Å². The minimum Gasteiger partial charge on any atom is -0.444 e. The van der Waals surface area contributed by atoms with Crippen LogP contribution < -0.4 is 10.6 Å². The van der Waals surface area contributed by atoms with Gasteiger partial charge in [-0.25, -0.2) is 4.79 Å². The molecule has 0 aliphatic heterocycles. The van der Waals surface area contributed by atoms with Gasteiger partial charge in [0.2, 0.25) is 11.8 Å². The number of carbonyl (C=O) groups excluding carboxylic acids is 3. The summed E-state index contributed by atoms with van der Waals surface area (Å²) in [7, 11) is 0. The van der Waals surface area contributed by atoms with Crippen molar-refractivity contribution in [2.45, 2.75) is 99.3 Å². The van der Waals surface area contributed by atoms with Gasteiger partial charge in [0.05, 0.1) is 0 Å². The molecule has 1 aromatic rings. The van der Waals surface area contributed by atoms with E-state index in [0.29, 0.717) is 19.5 Å². The van der Waals surface area contributed by atoms with E-state index >= 15 is 0 Å².